The van der Waals surface area contributed by atoms with E-state index in [9.17, 15) is 37.1 Å². The van der Waals surface area contributed by atoms with E-state index < -0.39 is 47.2 Å². The molecule has 69 heavy (non-hydrogen) atoms. The lowest BCUT2D eigenvalue weighted by molar-refractivity contribution is -0.159. The molecule has 21 heteroatoms. The lowest BCUT2D eigenvalue weighted by Crippen LogP contribution is -2.54. The van der Waals surface area contributed by atoms with E-state index in [2.05, 4.69) is 40.5 Å². The highest BCUT2D eigenvalue weighted by molar-refractivity contribution is 7.10. The number of thiazole rings is 1. The molecule has 2 N–H and O–H groups in total. The fraction of sp³-hybridized carbons (Fsp3) is 0.375. The zero-order valence-corrected chi connectivity index (χ0v) is 38.1. The number of imide groups is 2. The first-order chi connectivity index (χ1) is 33.3. The zero-order chi connectivity index (χ0) is 48.1. The molecular weight excluding hydrogens is 918 g/mol. The second-order valence-electron chi connectivity index (χ2n) is 17.4. The zero-order valence-electron chi connectivity index (χ0n) is 37.2. The van der Waals surface area contributed by atoms with Gasteiger partial charge < -0.3 is 19.5 Å². The average molecular weight is 965 g/mol. The van der Waals surface area contributed by atoms with Crippen LogP contribution in [0.25, 0.3) is 22.6 Å². The Kier molecular flexibility index (Phi) is 13.8. The summed E-state index contributed by atoms with van der Waals surface area (Å²) in [7, 11) is 0. The van der Waals surface area contributed by atoms with Crippen LogP contribution in [0.2, 0.25) is 0 Å². The van der Waals surface area contributed by atoms with Crippen molar-refractivity contribution in [2.45, 2.75) is 82.0 Å². The third kappa shape index (κ3) is 10.6. The number of fused-ring (bicyclic) bond motifs is 1. The van der Waals surface area contributed by atoms with Gasteiger partial charge in [-0.3, -0.25) is 38.9 Å². The molecule has 17 nitrogen and oxygen atoms in total. The Hall–Kier alpha value is -7.13. The molecule has 0 radical (unpaired) electrons. The Labute approximate surface area is 397 Å². The third-order valence-electron chi connectivity index (χ3n) is 12.7. The van der Waals surface area contributed by atoms with Gasteiger partial charge in [0.05, 0.1) is 29.1 Å². The summed E-state index contributed by atoms with van der Waals surface area (Å²) >= 11 is 1.57. The average Bonchev–Trinajstić information content (AvgIpc) is 4.19. The van der Waals surface area contributed by atoms with Gasteiger partial charge in [-0.2, -0.15) is 18.2 Å². The smallest absolute Gasteiger partial charge is 0.471 e. The quantitative estimate of drug-likeness (QED) is 0.0696. The van der Waals surface area contributed by atoms with Crippen molar-refractivity contribution in [3.8, 4) is 28.4 Å². The van der Waals surface area contributed by atoms with Crippen molar-refractivity contribution in [2.75, 3.05) is 32.8 Å². The molecule has 1 atom stereocenters. The number of aromatic nitrogens is 6. The highest BCUT2D eigenvalue weighted by Crippen LogP contribution is 2.39. The van der Waals surface area contributed by atoms with Gasteiger partial charge in [-0.1, -0.05) is 59.3 Å². The Morgan fingerprint density at radius 2 is 1.68 bits per heavy atom. The van der Waals surface area contributed by atoms with Gasteiger partial charge in [-0.15, -0.1) is 16.4 Å². The third-order valence-corrected chi connectivity index (χ3v) is 13.8. The number of piperidine rings is 2. The number of amides is 5. The van der Waals surface area contributed by atoms with Gasteiger partial charge in [0.2, 0.25) is 17.6 Å². The topological polar surface area (TPSA) is 208 Å². The van der Waals surface area contributed by atoms with Crippen molar-refractivity contribution in [3.63, 3.8) is 0 Å². The van der Waals surface area contributed by atoms with Gasteiger partial charge >= 0.3 is 12.1 Å². The summed E-state index contributed by atoms with van der Waals surface area (Å²) in [6.07, 6.45) is 3.05. The number of aryl methyl sites for hydroxylation is 1. The number of alkyl halides is 3. The fourth-order valence-corrected chi connectivity index (χ4v) is 9.92. The predicted octanol–water partition coefficient (Wildman–Crippen LogP) is 6.52. The minimum Gasteiger partial charge on any atom is -0.494 e. The Morgan fingerprint density at radius 3 is 2.46 bits per heavy atom. The molecule has 358 valence electrons. The molecular formula is C48H47F3N10O7S. The molecule has 6 heterocycles. The largest absolute Gasteiger partial charge is 0.494 e. The maximum atomic E-state index is 13.6. The van der Waals surface area contributed by atoms with Crippen LogP contribution in [0.1, 0.15) is 99.0 Å². The number of halogens is 3. The summed E-state index contributed by atoms with van der Waals surface area (Å²) < 4.78 is 51.5. The summed E-state index contributed by atoms with van der Waals surface area (Å²) in [6, 6.07) is 19.7. The SMILES string of the molecule is O=C1CCC(N2C(=O)c3ccc(OCCCCCCn4cc(CCN5CCC(CNC(=O)c6cccc(-c7noc(C(F)(F)F)n7)c6)(c6nc(-c7ccccc7)cs6)CC5)nn4)cc3C2=O)C(=O)N1. The first kappa shape index (κ1) is 47.0. The van der Waals surface area contributed by atoms with E-state index >= 15 is 0 Å². The number of ether oxygens (including phenoxy) is 1. The number of carbonyl (C=O) groups is 5. The second-order valence-corrected chi connectivity index (χ2v) is 18.2. The van der Waals surface area contributed by atoms with E-state index in [-0.39, 0.29) is 46.8 Å². The van der Waals surface area contributed by atoms with Crippen molar-refractivity contribution in [2.24, 2.45) is 0 Å². The van der Waals surface area contributed by atoms with Crippen LogP contribution in [-0.4, -0.2) is 108 Å². The summed E-state index contributed by atoms with van der Waals surface area (Å²) in [5.41, 5.74) is 3.15. The Bertz CT molecular complexity index is 2860. The normalized spacial score (nSPS) is 17.3. The van der Waals surface area contributed by atoms with Crippen LogP contribution in [-0.2, 0) is 34.1 Å². The minimum absolute atomic E-state index is 0.0555. The standard InChI is InChI=1S/C48H47F3N10O7S/c49-48(50,51)45-55-40(57-68-45)31-11-8-12-32(25-31)41(63)52-29-47(46-53-37(28-69-46)30-9-4-3-5-10-30)18-22-59(23-19-47)21-17-33-27-60(58-56-33)20-6-1-2-7-24-67-34-13-14-35-36(26-34)44(66)61(43(35)65)38-15-16-39(62)54-42(38)64/h3-5,8-14,25-28,38H,1-2,6-7,15-24,29H2,(H,52,63)(H,54,62,64). The van der Waals surface area contributed by atoms with Gasteiger partial charge in [0.1, 0.15) is 16.8 Å². The van der Waals surface area contributed by atoms with Crippen LogP contribution in [0.4, 0.5) is 13.2 Å². The number of rotatable bonds is 18. The molecule has 0 saturated carbocycles. The van der Waals surface area contributed by atoms with E-state index in [0.717, 1.165) is 98.0 Å². The highest BCUT2D eigenvalue weighted by Gasteiger charge is 2.45. The first-order valence-corrected chi connectivity index (χ1v) is 23.6. The van der Waals surface area contributed by atoms with Crippen molar-refractivity contribution in [1.82, 2.24) is 50.6 Å². The first-order valence-electron chi connectivity index (χ1n) is 22.7. The van der Waals surface area contributed by atoms with E-state index in [1.165, 1.54) is 24.3 Å². The summed E-state index contributed by atoms with van der Waals surface area (Å²) in [4.78, 5) is 75.5. The predicted molar refractivity (Wildman–Crippen MR) is 243 cm³/mol. The fourth-order valence-electron chi connectivity index (χ4n) is 8.83. The molecule has 3 aliphatic rings. The molecule has 0 spiro atoms. The number of hydrogen-bond acceptors (Lipinski definition) is 14. The van der Waals surface area contributed by atoms with Crippen LogP contribution in [0.5, 0.6) is 5.75 Å². The summed E-state index contributed by atoms with van der Waals surface area (Å²) in [6.45, 7) is 3.75. The van der Waals surface area contributed by atoms with E-state index in [0.29, 0.717) is 18.9 Å². The summed E-state index contributed by atoms with van der Waals surface area (Å²) in [5.74, 6) is -3.86. The van der Waals surface area contributed by atoms with Crippen LogP contribution in [0, 0.1) is 0 Å². The maximum Gasteiger partial charge on any atom is 0.471 e. The van der Waals surface area contributed by atoms with Crippen molar-refractivity contribution in [3.05, 3.63) is 118 Å². The van der Waals surface area contributed by atoms with Gasteiger partial charge in [-0.25, -0.2) is 4.98 Å². The molecule has 3 aromatic carbocycles. The lowest BCUT2D eigenvalue weighted by Gasteiger charge is -2.40. The molecule has 1 unspecified atom stereocenters. The number of nitrogens with one attached hydrogen (secondary N) is 2. The van der Waals surface area contributed by atoms with Gasteiger partial charge in [0, 0.05) is 66.2 Å². The number of hydrogen-bond donors (Lipinski definition) is 2. The lowest BCUT2D eigenvalue weighted by atomic mass is 9.78. The molecule has 3 aliphatic heterocycles. The van der Waals surface area contributed by atoms with E-state index in [1.54, 1.807) is 29.5 Å². The Morgan fingerprint density at radius 1 is 0.899 bits per heavy atom. The van der Waals surface area contributed by atoms with Crippen LogP contribution in [0.15, 0.2) is 88.9 Å². The van der Waals surface area contributed by atoms with Gasteiger partial charge in [0.25, 0.3) is 17.7 Å². The van der Waals surface area contributed by atoms with Crippen molar-refractivity contribution < 1.29 is 46.4 Å². The molecule has 9 rings (SSSR count). The molecule has 2 saturated heterocycles. The molecule has 0 bridgehead atoms. The maximum absolute atomic E-state index is 13.6. The Balaban J connectivity index is 0.727. The molecule has 3 aromatic heterocycles. The number of unbranched alkanes of at least 4 members (excludes halogenated alkanes) is 3. The van der Waals surface area contributed by atoms with Crippen molar-refractivity contribution in [1.29, 1.82) is 0 Å². The highest BCUT2D eigenvalue weighted by atomic mass is 32.1. The summed E-state index contributed by atoms with van der Waals surface area (Å²) in [5, 5.41) is 20.5. The molecule has 2 fully saturated rings. The second kappa shape index (κ2) is 20.2. The van der Waals surface area contributed by atoms with Gasteiger partial charge in [-0.05, 0) is 81.9 Å². The van der Waals surface area contributed by atoms with Crippen molar-refractivity contribution >= 4 is 40.9 Å². The minimum atomic E-state index is -4.79. The van der Waals surface area contributed by atoms with Crippen LogP contribution >= 0.6 is 11.3 Å². The number of benzene rings is 3. The monoisotopic (exact) mass is 964 g/mol. The van der Waals surface area contributed by atoms with Gasteiger partial charge in [0.15, 0.2) is 0 Å². The van der Waals surface area contributed by atoms with Crippen LogP contribution < -0.4 is 15.4 Å². The number of carbonyl (C=O) groups excluding carboxylic acids is 5. The van der Waals surface area contributed by atoms with Crippen LogP contribution in [0.3, 0.4) is 0 Å². The van der Waals surface area contributed by atoms with E-state index in [4.69, 9.17) is 9.72 Å². The molecule has 6 aromatic rings. The van der Waals surface area contributed by atoms with E-state index in [1.807, 2.05) is 46.6 Å². The molecule has 0 aliphatic carbocycles. The molecule has 5 amide bonds. The number of likely N-dealkylation sites (tertiary alicyclic amines) is 1. The number of nitrogens with zero attached hydrogens (tertiary/aromatic N) is 8.